The zero-order valence-corrected chi connectivity index (χ0v) is 9.41. The normalized spacial score (nSPS) is 19.7. The van der Waals surface area contributed by atoms with Crippen LogP contribution in [0.5, 0.6) is 0 Å². The van der Waals surface area contributed by atoms with Crippen LogP contribution in [0.4, 0.5) is 52.7 Å². The summed E-state index contributed by atoms with van der Waals surface area (Å²) in [5, 5.41) is 0. The van der Waals surface area contributed by atoms with Gasteiger partial charge in [0.1, 0.15) is 0 Å². The Kier molecular flexibility index (Phi) is 6.63. The quantitative estimate of drug-likeness (QED) is 0.659. The number of alkyl halides is 12. The van der Waals surface area contributed by atoms with Crippen molar-refractivity contribution in [3.05, 3.63) is 0 Å². The van der Waals surface area contributed by atoms with Gasteiger partial charge in [-0.25, -0.2) is 26.3 Å². The van der Waals surface area contributed by atoms with Gasteiger partial charge in [-0.05, 0) is 0 Å². The fourth-order valence-electron chi connectivity index (χ4n) is 1.07. The first-order valence-electron chi connectivity index (χ1n) is 4.83. The average Bonchev–Trinajstić information content (AvgIpc) is 2.25. The predicted octanol–water partition coefficient (Wildman–Crippen LogP) is 4.07. The first kappa shape index (κ1) is 20.1. The summed E-state index contributed by atoms with van der Waals surface area (Å²) in [5.74, 6) is 0. The van der Waals surface area contributed by atoms with Gasteiger partial charge >= 0.3 is 12.4 Å². The van der Waals surface area contributed by atoms with Gasteiger partial charge in [0, 0.05) is 0 Å². The molecule has 21 heavy (non-hydrogen) atoms. The van der Waals surface area contributed by atoms with Crippen molar-refractivity contribution in [2.24, 2.45) is 0 Å². The highest BCUT2D eigenvalue weighted by atomic mass is 19.4. The zero-order chi connectivity index (χ0) is 17.2. The van der Waals surface area contributed by atoms with Gasteiger partial charge in [0.25, 0.3) is 12.9 Å². The Bertz CT molecular complexity index is 279. The highest BCUT2D eigenvalue weighted by Crippen LogP contribution is 2.34. The summed E-state index contributed by atoms with van der Waals surface area (Å²) in [5.41, 5.74) is 0. The second-order valence-corrected chi connectivity index (χ2v) is 3.62. The van der Waals surface area contributed by atoms with Crippen LogP contribution in [-0.2, 0) is 4.74 Å². The molecular weight excluding hydrogens is 340 g/mol. The molecule has 0 aromatic carbocycles. The van der Waals surface area contributed by atoms with Crippen molar-refractivity contribution in [1.29, 1.82) is 0 Å². The molecule has 0 spiro atoms. The van der Waals surface area contributed by atoms with Gasteiger partial charge in [-0.2, -0.15) is 26.3 Å². The summed E-state index contributed by atoms with van der Waals surface area (Å²) >= 11 is 0. The standard InChI is InChI=1S/C8H6F12O/c9-3(7(15,16)17)1(5(11)12)21-2(6(13)14)4(10)8(18,19)20/h1-6H. The Morgan fingerprint density at radius 3 is 0.905 bits per heavy atom. The molecule has 0 aliphatic heterocycles. The van der Waals surface area contributed by atoms with E-state index in [-0.39, 0.29) is 0 Å². The molecule has 0 aromatic rings. The third kappa shape index (κ3) is 5.79. The molecule has 0 aliphatic rings. The SMILES string of the molecule is FC(F)C(OC(C(F)F)C(F)C(F)(F)F)C(F)C(F)(F)F. The van der Waals surface area contributed by atoms with Crippen molar-refractivity contribution in [1.82, 2.24) is 0 Å². The van der Waals surface area contributed by atoms with Crippen LogP contribution in [-0.4, -0.2) is 49.8 Å². The van der Waals surface area contributed by atoms with E-state index in [2.05, 4.69) is 4.74 Å². The second-order valence-electron chi connectivity index (χ2n) is 3.62. The molecule has 0 fully saturated rings. The van der Waals surface area contributed by atoms with Crippen molar-refractivity contribution in [2.45, 2.75) is 49.8 Å². The molecule has 0 heterocycles. The summed E-state index contributed by atoms with van der Waals surface area (Å²) in [7, 11) is 0. The highest BCUT2D eigenvalue weighted by molar-refractivity contribution is 4.85. The maximum absolute atomic E-state index is 12.6. The van der Waals surface area contributed by atoms with Gasteiger partial charge in [0.15, 0.2) is 12.2 Å². The van der Waals surface area contributed by atoms with Crippen molar-refractivity contribution >= 4 is 0 Å². The van der Waals surface area contributed by atoms with E-state index in [0.29, 0.717) is 0 Å². The van der Waals surface area contributed by atoms with E-state index in [4.69, 9.17) is 0 Å². The molecule has 0 aromatic heterocycles. The molecule has 0 aliphatic carbocycles. The van der Waals surface area contributed by atoms with Gasteiger partial charge < -0.3 is 4.74 Å². The van der Waals surface area contributed by atoms with Crippen LogP contribution in [0.15, 0.2) is 0 Å². The van der Waals surface area contributed by atoms with Crippen LogP contribution in [0.2, 0.25) is 0 Å². The minimum Gasteiger partial charge on any atom is -0.356 e. The molecule has 4 atom stereocenters. The Balaban J connectivity index is 5.28. The molecule has 0 N–H and O–H groups in total. The lowest BCUT2D eigenvalue weighted by Gasteiger charge is -2.29. The highest BCUT2D eigenvalue weighted by Gasteiger charge is 2.55. The van der Waals surface area contributed by atoms with E-state index in [0.717, 1.165) is 0 Å². The van der Waals surface area contributed by atoms with E-state index in [1.165, 1.54) is 0 Å². The van der Waals surface area contributed by atoms with Gasteiger partial charge in [0.2, 0.25) is 12.3 Å². The second kappa shape index (κ2) is 6.92. The van der Waals surface area contributed by atoms with Crippen molar-refractivity contribution in [2.75, 3.05) is 0 Å². The predicted molar refractivity (Wildman–Crippen MR) is 42.6 cm³/mol. The number of hydrogen-bond acceptors (Lipinski definition) is 1. The largest absolute Gasteiger partial charge is 0.422 e. The number of hydrogen-bond donors (Lipinski definition) is 0. The molecule has 0 bridgehead atoms. The Labute approximate surface area is 108 Å². The topological polar surface area (TPSA) is 9.23 Å². The summed E-state index contributed by atoms with van der Waals surface area (Å²) in [6, 6.07) is 0. The van der Waals surface area contributed by atoms with E-state index >= 15 is 0 Å². The van der Waals surface area contributed by atoms with Crippen molar-refractivity contribution in [3.63, 3.8) is 0 Å². The van der Waals surface area contributed by atoms with Gasteiger partial charge in [0.05, 0.1) is 0 Å². The molecule has 4 unspecified atom stereocenters. The molecule has 128 valence electrons. The Morgan fingerprint density at radius 2 is 0.762 bits per heavy atom. The third-order valence-electron chi connectivity index (χ3n) is 2.01. The fraction of sp³-hybridized carbons (Fsp3) is 1.00. The fourth-order valence-corrected chi connectivity index (χ4v) is 1.07. The number of halogens is 12. The van der Waals surface area contributed by atoms with E-state index in [9.17, 15) is 52.7 Å². The average molecular weight is 346 g/mol. The van der Waals surface area contributed by atoms with Gasteiger partial charge in [-0.3, -0.25) is 0 Å². The van der Waals surface area contributed by atoms with E-state index in [1.54, 1.807) is 0 Å². The first-order valence-corrected chi connectivity index (χ1v) is 4.83. The van der Waals surface area contributed by atoms with Crippen LogP contribution >= 0.6 is 0 Å². The van der Waals surface area contributed by atoms with Crippen molar-refractivity contribution < 1.29 is 57.4 Å². The maximum atomic E-state index is 12.6. The Morgan fingerprint density at radius 1 is 0.524 bits per heavy atom. The van der Waals surface area contributed by atoms with E-state index < -0.39 is 49.8 Å². The molecule has 13 heteroatoms. The lowest BCUT2D eigenvalue weighted by molar-refractivity contribution is -0.277. The third-order valence-corrected chi connectivity index (χ3v) is 2.01. The molecule has 0 saturated heterocycles. The van der Waals surface area contributed by atoms with Crippen LogP contribution in [0.3, 0.4) is 0 Å². The molecular formula is C8H6F12O. The van der Waals surface area contributed by atoms with E-state index in [1.807, 2.05) is 0 Å². The Hall–Kier alpha value is -0.880. The van der Waals surface area contributed by atoms with Crippen LogP contribution in [0.25, 0.3) is 0 Å². The van der Waals surface area contributed by atoms with Crippen LogP contribution in [0, 0.1) is 0 Å². The zero-order valence-electron chi connectivity index (χ0n) is 9.41. The smallest absolute Gasteiger partial charge is 0.356 e. The number of rotatable bonds is 6. The molecule has 0 radical (unpaired) electrons. The number of ether oxygens (including phenoxy) is 1. The van der Waals surface area contributed by atoms with Crippen molar-refractivity contribution in [3.8, 4) is 0 Å². The summed E-state index contributed by atoms with van der Waals surface area (Å²) in [6.45, 7) is 0. The summed E-state index contributed by atoms with van der Waals surface area (Å²) in [4.78, 5) is 0. The monoisotopic (exact) mass is 346 g/mol. The lowest BCUT2D eigenvalue weighted by Crippen LogP contribution is -2.50. The molecule has 0 saturated carbocycles. The lowest BCUT2D eigenvalue weighted by atomic mass is 10.1. The van der Waals surface area contributed by atoms with Gasteiger partial charge in [-0.15, -0.1) is 0 Å². The van der Waals surface area contributed by atoms with Crippen LogP contribution in [0.1, 0.15) is 0 Å². The molecule has 1 nitrogen and oxygen atoms in total. The minimum atomic E-state index is -6.02. The summed E-state index contributed by atoms with van der Waals surface area (Å²) < 4.78 is 148. The van der Waals surface area contributed by atoms with Gasteiger partial charge in [-0.1, -0.05) is 0 Å². The minimum absolute atomic E-state index is 3.06. The van der Waals surface area contributed by atoms with Crippen LogP contribution < -0.4 is 0 Å². The first-order chi connectivity index (χ1) is 9.19. The maximum Gasteiger partial charge on any atom is 0.422 e. The summed E-state index contributed by atoms with van der Waals surface area (Å²) in [6.07, 6.45) is -38.0. The molecule has 0 rings (SSSR count). The molecule has 0 amide bonds.